The number of aliphatic hydroxyl groups is 1. The van der Waals surface area contributed by atoms with Crippen LogP contribution in [0.2, 0.25) is 0 Å². The van der Waals surface area contributed by atoms with E-state index in [9.17, 15) is 13.9 Å². The van der Waals surface area contributed by atoms with Gasteiger partial charge in [-0.3, -0.25) is 10.1 Å². The molecule has 3 rings (SSSR count). The predicted molar refractivity (Wildman–Crippen MR) is 108 cm³/mol. The minimum atomic E-state index is -1.91. The van der Waals surface area contributed by atoms with Crippen LogP contribution >= 0.6 is 12.2 Å². The summed E-state index contributed by atoms with van der Waals surface area (Å²) in [4.78, 5) is 4.00. The highest BCUT2D eigenvalue weighted by Gasteiger charge is 2.42. The van der Waals surface area contributed by atoms with Crippen molar-refractivity contribution in [3.8, 4) is 0 Å². The number of aromatic amines is 1. The molecule has 7 nitrogen and oxygen atoms in total. The number of thiocarbonyl (C=S) groups is 1. The van der Waals surface area contributed by atoms with Gasteiger partial charge in [0, 0.05) is 23.7 Å². The SMILES string of the molecule is C[C@@H](N(N)C(=S)Nc1ccccc1)[C@@](O)(Cc1nc[nH]n1)c1ccc(F)cc1F. The quantitative estimate of drug-likeness (QED) is 0.277. The van der Waals surface area contributed by atoms with E-state index in [1.807, 2.05) is 18.2 Å². The molecule has 0 saturated heterocycles. The maximum absolute atomic E-state index is 14.6. The zero-order valence-corrected chi connectivity index (χ0v) is 16.3. The summed E-state index contributed by atoms with van der Waals surface area (Å²) in [6.45, 7) is 1.58. The molecule has 0 aliphatic carbocycles. The van der Waals surface area contributed by atoms with E-state index in [2.05, 4.69) is 20.5 Å². The summed E-state index contributed by atoms with van der Waals surface area (Å²) in [6.07, 6.45) is 1.16. The molecule has 152 valence electrons. The highest BCUT2D eigenvalue weighted by Crippen LogP contribution is 2.33. The smallest absolute Gasteiger partial charge is 0.188 e. The zero-order chi connectivity index (χ0) is 21.0. The van der Waals surface area contributed by atoms with E-state index in [1.165, 1.54) is 12.4 Å². The second kappa shape index (κ2) is 8.60. The summed E-state index contributed by atoms with van der Waals surface area (Å²) in [5.41, 5.74) is -1.35. The summed E-state index contributed by atoms with van der Waals surface area (Å²) < 4.78 is 28.0. The minimum Gasteiger partial charge on any atom is -0.382 e. The molecule has 2 atom stereocenters. The van der Waals surface area contributed by atoms with Gasteiger partial charge in [0.2, 0.25) is 0 Å². The van der Waals surface area contributed by atoms with Gasteiger partial charge in [0.25, 0.3) is 0 Å². The van der Waals surface area contributed by atoms with Gasteiger partial charge in [-0.25, -0.2) is 19.6 Å². The van der Waals surface area contributed by atoms with Crippen molar-refractivity contribution in [1.29, 1.82) is 0 Å². The van der Waals surface area contributed by atoms with Gasteiger partial charge in [-0.2, -0.15) is 5.10 Å². The van der Waals surface area contributed by atoms with E-state index in [0.29, 0.717) is 11.8 Å². The van der Waals surface area contributed by atoms with Crippen LogP contribution in [0.5, 0.6) is 0 Å². The lowest BCUT2D eigenvalue weighted by molar-refractivity contribution is -0.0301. The highest BCUT2D eigenvalue weighted by molar-refractivity contribution is 7.80. The lowest BCUT2D eigenvalue weighted by atomic mass is 9.83. The summed E-state index contributed by atoms with van der Waals surface area (Å²) in [5, 5.41) is 22.2. The molecule has 0 radical (unpaired) electrons. The largest absolute Gasteiger partial charge is 0.382 e. The number of benzene rings is 2. The van der Waals surface area contributed by atoms with E-state index in [4.69, 9.17) is 18.1 Å². The van der Waals surface area contributed by atoms with Gasteiger partial charge in [-0.1, -0.05) is 24.3 Å². The van der Waals surface area contributed by atoms with Crippen LogP contribution in [0.4, 0.5) is 14.5 Å². The number of hydrogen-bond acceptors (Lipinski definition) is 5. The van der Waals surface area contributed by atoms with Gasteiger partial charge < -0.3 is 10.4 Å². The average Bonchev–Trinajstić information content (AvgIpc) is 3.20. The molecule has 0 amide bonds. The van der Waals surface area contributed by atoms with Gasteiger partial charge in [0.05, 0.1) is 6.04 Å². The Balaban J connectivity index is 1.93. The number of hydrazine groups is 1. The molecule has 2 aromatic carbocycles. The molecule has 1 heterocycles. The third-order valence-electron chi connectivity index (χ3n) is 4.66. The van der Waals surface area contributed by atoms with E-state index in [-0.39, 0.29) is 22.9 Å². The molecule has 0 saturated carbocycles. The molecule has 0 aliphatic rings. The molecule has 29 heavy (non-hydrogen) atoms. The average molecular weight is 418 g/mol. The van der Waals surface area contributed by atoms with Crippen LogP contribution in [0, 0.1) is 11.6 Å². The first kappa shape index (κ1) is 20.8. The molecule has 0 unspecified atom stereocenters. The number of rotatable bonds is 6. The molecule has 1 aromatic heterocycles. The number of para-hydroxylation sites is 1. The number of nitrogens with zero attached hydrogens (tertiary/aromatic N) is 3. The van der Waals surface area contributed by atoms with Crippen molar-refractivity contribution < 1.29 is 13.9 Å². The first-order valence-corrected chi connectivity index (χ1v) is 9.14. The second-order valence-electron chi connectivity index (χ2n) is 6.52. The Labute approximate surface area is 171 Å². The topological polar surface area (TPSA) is 103 Å². The van der Waals surface area contributed by atoms with Crippen molar-refractivity contribution in [2.45, 2.75) is 25.0 Å². The molecular weight excluding hydrogens is 398 g/mol. The van der Waals surface area contributed by atoms with Gasteiger partial charge in [0.1, 0.15) is 23.6 Å². The van der Waals surface area contributed by atoms with Crippen LogP contribution in [-0.2, 0) is 12.0 Å². The van der Waals surface area contributed by atoms with Gasteiger partial charge in [-0.05, 0) is 37.3 Å². The summed E-state index contributed by atoms with van der Waals surface area (Å²) in [7, 11) is 0. The Bertz CT molecular complexity index is 972. The van der Waals surface area contributed by atoms with E-state index in [0.717, 1.165) is 11.1 Å². The third-order valence-corrected chi connectivity index (χ3v) is 4.97. The first-order valence-electron chi connectivity index (χ1n) is 8.74. The second-order valence-corrected chi connectivity index (χ2v) is 6.91. The first-order chi connectivity index (χ1) is 13.8. The van der Waals surface area contributed by atoms with Crippen molar-refractivity contribution in [2.24, 2.45) is 5.84 Å². The molecule has 0 bridgehead atoms. The Hall–Kier alpha value is -2.95. The Morgan fingerprint density at radius 2 is 2.03 bits per heavy atom. The van der Waals surface area contributed by atoms with Crippen molar-refractivity contribution in [2.75, 3.05) is 5.32 Å². The Kier molecular flexibility index (Phi) is 6.16. The molecule has 10 heteroatoms. The van der Waals surface area contributed by atoms with E-state index < -0.39 is 23.3 Å². The fourth-order valence-corrected chi connectivity index (χ4v) is 3.26. The van der Waals surface area contributed by atoms with Crippen molar-refractivity contribution in [1.82, 2.24) is 20.2 Å². The molecule has 3 aromatic rings. The highest BCUT2D eigenvalue weighted by atomic mass is 32.1. The monoisotopic (exact) mass is 418 g/mol. The standard InChI is InChI=1S/C19H20F2N6OS/c1-12(27(22)18(29)25-14-5-3-2-4-6-14)19(28,10-17-23-11-24-26-17)15-8-7-13(20)9-16(15)21/h2-9,11-12,28H,10,22H2,1H3,(H,25,29)(H,23,24,26)/t12-,19+/m1/s1. The molecule has 5 N–H and O–H groups in total. The number of aromatic nitrogens is 3. The predicted octanol–water partition coefficient (Wildman–Crippen LogP) is 2.47. The van der Waals surface area contributed by atoms with Crippen molar-refractivity contribution in [3.05, 3.63) is 77.9 Å². The molecule has 0 fully saturated rings. The summed E-state index contributed by atoms with van der Waals surface area (Å²) in [5.74, 6) is 4.73. The van der Waals surface area contributed by atoms with Crippen LogP contribution in [0.25, 0.3) is 0 Å². The van der Waals surface area contributed by atoms with Gasteiger partial charge in [0.15, 0.2) is 10.9 Å². The summed E-state index contributed by atoms with van der Waals surface area (Å²) >= 11 is 5.34. The maximum Gasteiger partial charge on any atom is 0.188 e. The maximum atomic E-state index is 14.6. The van der Waals surface area contributed by atoms with Crippen LogP contribution in [0.3, 0.4) is 0 Å². The van der Waals surface area contributed by atoms with Crippen LogP contribution in [0.1, 0.15) is 18.3 Å². The number of anilines is 1. The third kappa shape index (κ3) is 4.56. The number of nitrogens with two attached hydrogens (primary N) is 1. The van der Waals surface area contributed by atoms with E-state index >= 15 is 0 Å². The van der Waals surface area contributed by atoms with Crippen LogP contribution < -0.4 is 11.2 Å². The zero-order valence-electron chi connectivity index (χ0n) is 15.5. The Morgan fingerprint density at radius 3 is 2.66 bits per heavy atom. The lowest BCUT2D eigenvalue weighted by Crippen LogP contribution is -2.57. The number of hydrogen-bond donors (Lipinski definition) is 4. The molecule has 0 aliphatic heterocycles. The van der Waals surface area contributed by atoms with Crippen LogP contribution in [0.15, 0.2) is 54.9 Å². The number of nitrogens with one attached hydrogen (secondary N) is 2. The fourth-order valence-electron chi connectivity index (χ4n) is 2.99. The van der Waals surface area contributed by atoms with Crippen molar-refractivity contribution >= 4 is 23.0 Å². The molecule has 0 spiro atoms. The summed E-state index contributed by atoms with van der Waals surface area (Å²) in [6, 6.07) is 11.1. The minimum absolute atomic E-state index is 0.111. The molecular formula is C19H20F2N6OS. The van der Waals surface area contributed by atoms with Gasteiger partial charge in [-0.15, -0.1) is 0 Å². The van der Waals surface area contributed by atoms with Crippen LogP contribution in [-0.4, -0.2) is 36.5 Å². The van der Waals surface area contributed by atoms with Crippen molar-refractivity contribution in [3.63, 3.8) is 0 Å². The normalized spacial score (nSPS) is 14.1. The Morgan fingerprint density at radius 1 is 1.31 bits per heavy atom. The van der Waals surface area contributed by atoms with E-state index in [1.54, 1.807) is 19.1 Å². The fraction of sp³-hybridized carbons (Fsp3) is 0.211. The number of H-pyrrole nitrogens is 1. The number of halogens is 2. The lowest BCUT2D eigenvalue weighted by Gasteiger charge is -2.39. The van der Waals surface area contributed by atoms with Gasteiger partial charge >= 0.3 is 0 Å².